The molecule has 7 nitrogen and oxygen atoms in total. The van der Waals surface area contributed by atoms with Crippen molar-refractivity contribution in [2.24, 2.45) is 11.1 Å². The van der Waals surface area contributed by atoms with Gasteiger partial charge < -0.3 is 20.0 Å². The minimum atomic E-state index is -0.367. The number of aromatic nitrogens is 4. The summed E-state index contributed by atoms with van der Waals surface area (Å²) in [5.74, 6) is 0.952. The van der Waals surface area contributed by atoms with Gasteiger partial charge >= 0.3 is 0 Å². The van der Waals surface area contributed by atoms with Crippen molar-refractivity contribution in [1.29, 1.82) is 0 Å². The Morgan fingerprint density at radius 3 is 2.76 bits per heavy atom. The van der Waals surface area contributed by atoms with E-state index in [1.54, 1.807) is 12.5 Å². The van der Waals surface area contributed by atoms with Gasteiger partial charge in [-0.1, -0.05) is 25.9 Å². The highest BCUT2D eigenvalue weighted by Crippen LogP contribution is 2.34. The van der Waals surface area contributed by atoms with Crippen LogP contribution in [0.15, 0.2) is 17.0 Å². The summed E-state index contributed by atoms with van der Waals surface area (Å²) in [7, 11) is 0. The van der Waals surface area contributed by atoms with Gasteiger partial charge in [0.05, 0.1) is 12.4 Å². The van der Waals surface area contributed by atoms with Gasteiger partial charge in [0.25, 0.3) is 0 Å². The summed E-state index contributed by atoms with van der Waals surface area (Å²) in [5, 5.41) is 4.04. The highest BCUT2D eigenvalue weighted by atomic mass is 16.5. The zero-order valence-corrected chi connectivity index (χ0v) is 13.0. The molecule has 2 aromatic rings. The van der Waals surface area contributed by atoms with Crippen LogP contribution in [0.1, 0.15) is 57.2 Å². The zero-order chi connectivity index (χ0) is 15.5. The summed E-state index contributed by atoms with van der Waals surface area (Å²) in [5.41, 5.74) is 6.91. The van der Waals surface area contributed by atoms with E-state index in [1.807, 2.05) is 6.92 Å². The van der Waals surface area contributed by atoms with Crippen LogP contribution in [0, 0.1) is 5.41 Å². The SMILES string of the molecule is CCOC(c1noc(C(N)Cc2cnc[nH]2)n1)C(C)(C)C. The number of nitrogens with zero attached hydrogens (tertiary/aromatic N) is 3. The minimum absolute atomic E-state index is 0.120. The average Bonchev–Trinajstić information content (AvgIpc) is 3.05. The molecule has 3 N–H and O–H groups in total. The Hall–Kier alpha value is -1.73. The average molecular weight is 293 g/mol. The summed E-state index contributed by atoms with van der Waals surface area (Å²) < 4.78 is 11.0. The number of ether oxygens (including phenoxy) is 1. The van der Waals surface area contributed by atoms with Crippen molar-refractivity contribution >= 4 is 0 Å². The second-order valence-corrected chi connectivity index (χ2v) is 6.08. The second-order valence-electron chi connectivity index (χ2n) is 6.08. The van der Waals surface area contributed by atoms with Gasteiger partial charge in [0.2, 0.25) is 11.7 Å². The number of imidazole rings is 1. The number of hydrogen-bond donors (Lipinski definition) is 2. The van der Waals surface area contributed by atoms with E-state index in [0.29, 0.717) is 24.7 Å². The third-order valence-corrected chi connectivity index (χ3v) is 3.12. The minimum Gasteiger partial charge on any atom is -0.370 e. The number of nitrogens with two attached hydrogens (primary N) is 1. The van der Waals surface area contributed by atoms with Crippen LogP contribution in [0.5, 0.6) is 0 Å². The highest BCUT2D eigenvalue weighted by Gasteiger charge is 2.31. The van der Waals surface area contributed by atoms with Gasteiger partial charge in [0.15, 0.2) is 0 Å². The Kier molecular flexibility index (Phi) is 4.74. The number of H-pyrrole nitrogens is 1. The summed E-state index contributed by atoms with van der Waals surface area (Å²) in [6, 6.07) is -0.367. The Morgan fingerprint density at radius 2 is 2.19 bits per heavy atom. The molecule has 0 fully saturated rings. The topological polar surface area (TPSA) is 103 Å². The van der Waals surface area contributed by atoms with E-state index in [-0.39, 0.29) is 17.6 Å². The molecule has 0 aliphatic carbocycles. The van der Waals surface area contributed by atoms with Crippen molar-refractivity contribution in [3.8, 4) is 0 Å². The summed E-state index contributed by atoms with van der Waals surface area (Å²) in [6.45, 7) is 8.77. The van der Waals surface area contributed by atoms with E-state index < -0.39 is 0 Å². The van der Waals surface area contributed by atoms with Crippen molar-refractivity contribution < 1.29 is 9.26 Å². The largest absolute Gasteiger partial charge is 0.370 e. The molecule has 0 spiro atoms. The fraction of sp³-hybridized carbons (Fsp3) is 0.643. The number of nitrogens with one attached hydrogen (secondary N) is 1. The Bertz CT molecular complexity index is 544. The monoisotopic (exact) mass is 293 g/mol. The predicted octanol–water partition coefficient (Wildman–Crippen LogP) is 2.16. The molecule has 0 amide bonds. The van der Waals surface area contributed by atoms with Crippen LogP contribution in [0.4, 0.5) is 0 Å². The quantitative estimate of drug-likeness (QED) is 0.846. The maximum absolute atomic E-state index is 6.10. The molecule has 0 aliphatic heterocycles. The summed E-state index contributed by atoms with van der Waals surface area (Å²) in [6.07, 6.45) is 3.69. The van der Waals surface area contributed by atoms with Crippen molar-refractivity contribution in [3.05, 3.63) is 29.9 Å². The molecular weight excluding hydrogens is 270 g/mol. The lowest BCUT2D eigenvalue weighted by Crippen LogP contribution is -2.23. The van der Waals surface area contributed by atoms with E-state index >= 15 is 0 Å². The maximum Gasteiger partial charge on any atom is 0.244 e. The fourth-order valence-corrected chi connectivity index (χ4v) is 2.10. The third-order valence-electron chi connectivity index (χ3n) is 3.12. The molecule has 116 valence electrons. The Labute approximate surface area is 124 Å². The number of rotatable bonds is 6. The van der Waals surface area contributed by atoms with Crippen molar-refractivity contribution in [2.75, 3.05) is 6.61 Å². The van der Waals surface area contributed by atoms with Crippen LogP contribution in [-0.4, -0.2) is 26.7 Å². The van der Waals surface area contributed by atoms with Crippen LogP contribution in [0.2, 0.25) is 0 Å². The molecule has 2 atom stereocenters. The lowest BCUT2D eigenvalue weighted by atomic mass is 9.88. The molecule has 2 unspecified atom stereocenters. The van der Waals surface area contributed by atoms with Crippen molar-refractivity contribution in [2.45, 2.75) is 46.3 Å². The lowest BCUT2D eigenvalue weighted by molar-refractivity contribution is -0.0203. The van der Waals surface area contributed by atoms with Gasteiger partial charge in [-0.15, -0.1) is 0 Å². The molecule has 7 heteroatoms. The van der Waals surface area contributed by atoms with E-state index in [2.05, 4.69) is 40.9 Å². The molecule has 0 saturated carbocycles. The first-order chi connectivity index (χ1) is 9.91. The van der Waals surface area contributed by atoms with Crippen LogP contribution >= 0.6 is 0 Å². The highest BCUT2D eigenvalue weighted by molar-refractivity contribution is 5.04. The maximum atomic E-state index is 6.10. The summed E-state index contributed by atoms with van der Waals surface area (Å²) in [4.78, 5) is 11.4. The first kappa shape index (κ1) is 15.7. The molecular formula is C14H23N5O2. The van der Waals surface area contributed by atoms with Crippen LogP contribution in [0.3, 0.4) is 0 Å². The first-order valence-corrected chi connectivity index (χ1v) is 7.09. The molecule has 2 heterocycles. The fourth-order valence-electron chi connectivity index (χ4n) is 2.10. The second kappa shape index (κ2) is 6.36. The summed E-state index contributed by atoms with van der Waals surface area (Å²) >= 11 is 0. The van der Waals surface area contributed by atoms with Gasteiger partial charge in [-0.3, -0.25) is 0 Å². The van der Waals surface area contributed by atoms with Crippen molar-refractivity contribution in [3.63, 3.8) is 0 Å². The molecule has 0 radical (unpaired) electrons. The van der Waals surface area contributed by atoms with Gasteiger partial charge in [-0.2, -0.15) is 4.98 Å². The smallest absolute Gasteiger partial charge is 0.244 e. The molecule has 21 heavy (non-hydrogen) atoms. The van der Waals surface area contributed by atoms with E-state index in [1.165, 1.54) is 0 Å². The molecule has 0 aliphatic rings. The standard InChI is InChI=1S/C14H23N5O2/c1-5-20-11(14(2,3)4)12-18-13(21-19-12)10(15)6-9-7-16-8-17-9/h7-8,10-11H,5-6,15H2,1-4H3,(H,16,17). The number of hydrogen-bond acceptors (Lipinski definition) is 6. The molecule has 0 aromatic carbocycles. The predicted molar refractivity (Wildman–Crippen MR) is 77.3 cm³/mol. The van der Waals surface area contributed by atoms with E-state index in [4.69, 9.17) is 15.0 Å². The van der Waals surface area contributed by atoms with Crippen LogP contribution in [-0.2, 0) is 11.2 Å². The molecule has 2 aromatic heterocycles. The van der Waals surface area contributed by atoms with E-state index in [9.17, 15) is 0 Å². The van der Waals surface area contributed by atoms with Gasteiger partial charge in [-0.05, 0) is 12.3 Å². The molecule has 0 saturated heterocycles. The molecule has 2 rings (SSSR count). The normalized spacial score (nSPS) is 15.1. The Balaban J connectivity index is 2.12. The van der Waals surface area contributed by atoms with E-state index in [0.717, 1.165) is 5.69 Å². The zero-order valence-electron chi connectivity index (χ0n) is 13.0. The van der Waals surface area contributed by atoms with Gasteiger partial charge in [0.1, 0.15) is 6.10 Å². The van der Waals surface area contributed by atoms with Gasteiger partial charge in [0, 0.05) is 24.9 Å². The van der Waals surface area contributed by atoms with Crippen molar-refractivity contribution in [1.82, 2.24) is 20.1 Å². The van der Waals surface area contributed by atoms with Crippen LogP contribution in [0.25, 0.3) is 0 Å². The Morgan fingerprint density at radius 1 is 1.43 bits per heavy atom. The first-order valence-electron chi connectivity index (χ1n) is 7.09. The number of aromatic amines is 1. The lowest BCUT2D eigenvalue weighted by Gasteiger charge is -2.27. The molecule has 0 bridgehead atoms. The van der Waals surface area contributed by atoms with Crippen LogP contribution < -0.4 is 5.73 Å². The third kappa shape index (κ3) is 3.89. The van der Waals surface area contributed by atoms with Gasteiger partial charge in [-0.25, -0.2) is 4.98 Å².